The minimum absolute atomic E-state index is 0.0912. The molecule has 1 aromatic carbocycles. The number of carbonyl (C=O) groups is 2. The average Bonchev–Trinajstić information content (AvgIpc) is 3.40. The number of unbranched alkanes of at least 4 members (excludes halogenated alkanes) is 2. The number of ether oxygens (including phenoxy) is 1. The summed E-state index contributed by atoms with van der Waals surface area (Å²) < 4.78 is 5.60. The molecule has 2 fully saturated rings. The van der Waals surface area contributed by atoms with Crippen molar-refractivity contribution in [1.29, 1.82) is 0 Å². The molecule has 1 saturated carbocycles. The first-order valence-corrected chi connectivity index (χ1v) is 14.0. The van der Waals surface area contributed by atoms with E-state index >= 15 is 0 Å². The van der Waals surface area contributed by atoms with Gasteiger partial charge < -0.3 is 20.4 Å². The second-order valence-electron chi connectivity index (χ2n) is 10.8. The number of hydrogen-bond acceptors (Lipinski definition) is 6. The maximum absolute atomic E-state index is 13.4. The van der Waals surface area contributed by atoms with Crippen LogP contribution in [0.3, 0.4) is 0 Å². The van der Waals surface area contributed by atoms with Crippen LogP contribution in [0.1, 0.15) is 76.6 Å². The first kappa shape index (κ1) is 26.4. The summed E-state index contributed by atoms with van der Waals surface area (Å²) in [5, 5.41) is 7.77. The van der Waals surface area contributed by atoms with Crippen LogP contribution >= 0.6 is 0 Å². The van der Waals surface area contributed by atoms with Crippen molar-refractivity contribution in [3.63, 3.8) is 0 Å². The molecule has 2 aromatic heterocycles. The highest BCUT2D eigenvalue weighted by atomic mass is 16.5. The molecule has 2 aliphatic rings. The molecule has 1 spiro atoms. The van der Waals surface area contributed by atoms with Crippen LogP contribution in [0.25, 0.3) is 22.2 Å². The summed E-state index contributed by atoms with van der Waals surface area (Å²) in [6, 6.07) is 9.79. The monoisotopic (exact) mass is 517 g/mol. The van der Waals surface area contributed by atoms with E-state index in [2.05, 4.69) is 26.7 Å². The molecule has 1 saturated heterocycles. The Labute approximate surface area is 224 Å². The van der Waals surface area contributed by atoms with E-state index in [9.17, 15) is 9.59 Å². The number of aromatic amines is 1. The summed E-state index contributed by atoms with van der Waals surface area (Å²) in [4.78, 5) is 37.9. The molecule has 8 heteroatoms. The highest BCUT2D eigenvalue weighted by Gasteiger charge is 2.57. The minimum Gasteiger partial charge on any atom is -0.480 e. The third-order valence-electron chi connectivity index (χ3n) is 8.36. The fourth-order valence-corrected chi connectivity index (χ4v) is 5.87. The van der Waals surface area contributed by atoms with Gasteiger partial charge in [-0.25, -0.2) is 9.97 Å². The van der Waals surface area contributed by atoms with Gasteiger partial charge in [-0.15, -0.1) is 0 Å². The Morgan fingerprint density at radius 1 is 1.18 bits per heavy atom. The average molecular weight is 518 g/mol. The quantitative estimate of drug-likeness (QED) is 0.288. The number of ketones is 1. The van der Waals surface area contributed by atoms with E-state index < -0.39 is 0 Å². The standard InChI is InChI=1S/C30H39N5O3/c1-3-21(36)10-5-4-6-12-25(34-28(37)23-18-30(23)13-15-31-16-14-30)27-32-19-26(33-27)22-17-20-9-7-8-11-24(20)35-29(22)38-2/h7-9,11,17,19,23,25,31H,3-6,10,12-16,18H2,1-2H3,(H,32,33)(H,34,37)/t23-,25+/m1/s1. The molecule has 1 amide bonds. The number of amides is 1. The molecular weight excluding hydrogens is 478 g/mol. The number of nitrogens with zero attached hydrogens (tertiary/aromatic N) is 2. The Morgan fingerprint density at radius 2 is 2.00 bits per heavy atom. The van der Waals surface area contributed by atoms with E-state index in [1.807, 2.05) is 31.2 Å². The fourth-order valence-electron chi connectivity index (χ4n) is 5.87. The van der Waals surface area contributed by atoms with Crippen LogP contribution in [0.5, 0.6) is 5.88 Å². The van der Waals surface area contributed by atoms with Crippen molar-refractivity contribution in [1.82, 2.24) is 25.6 Å². The predicted octanol–water partition coefficient (Wildman–Crippen LogP) is 5.11. The topological polar surface area (TPSA) is 109 Å². The highest BCUT2D eigenvalue weighted by molar-refractivity contribution is 5.85. The van der Waals surface area contributed by atoms with Gasteiger partial charge in [0.2, 0.25) is 11.8 Å². The maximum atomic E-state index is 13.4. The SMILES string of the molecule is CCC(=O)CCCCC[C@H](NC(=O)[C@H]1CC12CCNCC2)c1ncc(-c2cc3ccccc3nc2OC)[nH]1. The highest BCUT2D eigenvalue weighted by Crippen LogP contribution is 2.58. The number of para-hydroxylation sites is 1. The summed E-state index contributed by atoms with van der Waals surface area (Å²) in [5.74, 6) is 1.82. The molecule has 1 aliphatic carbocycles. The first-order valence-electron chi connectivity index (χ1n) is 14.0. The number of H-pyrrole nitrogens is 1. The number of benzene rings is 1. The van der Waals surface area contributed by atoms with E-state index in [0.717, 1.165) is 86.0 Å². The van der Waals surface area contributed by atoms with Gasteiger partial charge in [0.05, 0.1) is 36.1 Å². The van der Waals surface area contributed by atoms with Crippen molar-refractivity contribution in [3.05, 3.63) is 42.4 Å². The van der Waals surface area contributed by atoms with Gasteiger partial charge in [-0.3, -0.25) is 9.59 Å². The zero-order valence-electron chi connectivity index (χ0n) is 22.5. The van der Waals surface area contributed by atoms with Crippen LogP contribution in [-0.4, -0.2) is 46.8 Å². The Morgan fingerprint density at radius 3 is 2.79 bits per heavy atom. The lowest BCUT2D eigenvalue weighted by atomic mass is 9.91. The van der Waals surface area contributed by atoms with Gasteiger partial charge in [-0.1, -0.05) is 38.0 Å². The first-order chi connectivity index (χ1) is 18.5. The van der Waals surface area contributed by atoms with Crippen molar-refractivity contribution in [2.75, 3.05) is 20.2 Å². The van der Waals surface area contributed by atoms with Crippen molar-refractivity contribution in [2.24, 2.45) is 11.3 Å². The summed E-state index contributed by atoms with van der Waals surface area (Å²) in [6.45, 7) is 3.90. The van der Waals surface area contributed by atoms with Gasteiger partial charge in [0.1, 0.15) is 11.6 Å². The number of fused-ring (bicyclic) bond motifs is 1. The number of nitrogens with one attached hydrogen (secondary N) is 3. The van der Waals surface area contributed by atoms with Crippen LogP contribution in [0.2, 0.25) is 0 Å². The maximum Gasteiger partial charge on any atom is 0.224 e. The Hall–Kier alpha value is -3.26. The summed E-state index contributed by atoms with van der Waals surface area (Å²) >= 11 is 0. The number of carbonyl (C=O) groups excluding carboxylic acids is 2. The molecule has 202 valence electrons. The number of aromatic nitrogens is 3. The van der Waals surface area contributed by atoms with Gasteiger partial charge in [-0.05, 0) is 62.7 Å². The van der Waals surface area contributed by atoms with Crippen molar-refractivity contribution in [3.8, 4) is 17.1 Å². The summed E-state index contributed by atoms with van der Waals surface area (Å²) in [7, 11) is 1.62. The lowest BCUT2D eigenvalue weighted by Crippen LogP contribution is -2.35. The van der Waals surface area contributed by atoms with E-state index in [0.29, 0.717) is 24.5 Å². The number of Topliss-reactive ketones (excluding diaryl/α,β-unsaturated/α-hetero) is 1. The molecule has 3 N–H and O–H groups in total. The van der Waals surface area contributed by atoms with E-state index in [4.69, 9.17) is 9.72 Å². The Bertz CT molecular complexity index is 1280. The van der Waals surface area contributed by atoms with Crippen molar-refractivity contribution < 1.29 is 14.3 Å². The van der Waals surface area contributed by atoms with Crippen LogP contribution in [0.15, 0.2) is 36.5 Å². The second-order valence-corrected chi connectivity index (χ2v) is 10.8. The van der Waals surface area contributed by atoms with Crippen molar-refractivity contribution >= 4 is 22.6 Å². The lowest BCUT2D eigenvalue weighted by Gasteiger charge is -2.24. The van der Waals surface area contributed by atoms with Gasteiger partial charge in [0, 0.05) is 24.1 Å². The number of rotatable bonds is 12. The predicted molar refractivity (Wildman–Crippen MR) is 148 cm³/mol. The van der Waals surface area contributed by atoms with Crippen LogP contribution in [0, 0.1) is 11.3 Å². The lowest BCUT2D eigenvalue weighted by molar-refractivity contribution is -0.124. The van der Waals surface area contributed by atoms with E-state index in [1.54, 1.807) is 13.3 Å². The molecular formula is C30H39N5O3. The summed E-state index contributed by atoms with van der Waals surface area (Å²) in [5.41, 5.74) is 2.70. The van der Waals surface area contributed by atoms with Crippen LogP contribution in [-0.2, 0) is 9.59 Å². The molecule has 3 aromatic rings. The second kappa shape index (κ2) is 11.6. The molecule has 0 unspecified atom stereocenters. The van der Waals surface area contributed by atoms with Crippen LogP contribution in [0.4, 0.5) is 0 Å². The molecule has 5 rings (SSSR count). The Balaban J connectivity index is 1.33. The zero-order chi connectivity index (χ0) is 26.5. The number of pyridine rings is 1. The molecule has 8 nitrogen and oxygen atoms in total. The Kier molecular flexibility index (Phi) is 8.07. The van der Waals surface area contributed by atoms with Gasteiger partial charge >= 0.3 is 0 Å². The molecule has 38 heavy (non-hydrogen) atoms. The third-order valence-corrected chi connectivity index (χ3v) is 8.36. The number of piperidine rings is 1. The molecule has 0 bridgehead atoms. The fraction of sp³-hybridized carbons (Fsp3) is 0.533. The molecule has 3 heterocycles. The summed E-state index contributed by atoms with van der Waals surface area (Å²) in [6.07, 6.45) is 9.67. The van der Waals surface area contributed by atoms with Crippen LogP contribution < -0.4 is 15.4 Å². The number of methoxy groups -OCH3 is 1. The largest absolute Gasteiger partial charge is 0.480 e. The third kappa shape index (κ3) is 5.75. The minimum atomic E-state index is -0.211. The number of imidazole rings is 1. The van der Waals surface area contributed by atoms with Gasteiger partial charge in [0.15, 0.2) is 0 Å². The van der Waals surface area contributed by atoms with Gasteiger partial charge in [-0.2, -0.15) is 0 Å². The van der Waals surface area contributed by atoms with Gasteiger partial charge in [0.25, 0.3) is 0 Å². The molecule has 1 aliphatic heterocycles. The van der Waals surface area contributed by atoms with Crippen molar-refractivity contribution in [2.45, 2.75) is 70.8 Å². The smallest absolute Gasteiger partial charge is 0.224 e. The molecule has 2 atom stereocenters. The number of hydrogen-bond donors (Lipinski definition) is 3. The van der Waals surface area contributed by atoms with E-state index in [-0.39, 0.29) is 23.3 Å². The van der Waals surface area contributed by atoms with E-state index in [1.165, 1.54) is 0 Å². The zero-order valence-corrected chi connectivity index (χ0v) is 22.5. The normalized spacial score (nSPS) is 18.8. The molecule has 0 radical (unpaired) electrons.